The summed E-state index contributed by atoms with van der Waals surface area (Å²) in [5.74, 6) is 1.06. The van der Waals surface area contributed by atoms with Crippen LogP contribution in [0.15, 0.2) is 53.1 Å². The van der Waals surface area contributed by atoms with Gasteiger partial charge in [-0.1, -0.05) is 41.0 Å². The Balaban J connectivity index is 1.46. The number of hydrogen-bond donors (Lipinski definition) is 0. The fraction of sp³-hybridized carbons (Fsp3) is 0.167. The zero-order valence-corrected chi connectivity index (χ0v) is 15.1. The minimum absolute atomic E-state index is 0.508. The van der Waals surface area contributed by atoms with Crippen LogP contribution >= 0.6 is 22.9 Å². The summed E-state index contributed by atoms with van der Waals surface area (Å²) >= 11 is 7.88. The van der Waals surface area contributed by atoms with E-state index in [0.717, 1.165) is 22.6 Å². The van der Waals surface area contributed by atoms with E-state index in [-0.39, 0.29) is 0 Å². The molecule has 0 saturated carbocycles. The maximum absolute atomic E-state index is 6.18. The summed E-state index contributed by atoms with van der Waals surface area (Å²) in [7, 11) is 2.01. The van der Waals surface area contributed by atoms with Crippen LogP contribution in [0.2, 0.25) is 5.02 Å². The molecule has 0 amide bonds. The van der Waals surface area contributed by atoms with E-state index in [2.05, 4.69) is 26.1 Å². The third-order valence-electron chi connectivity index (χ3n) is 3.73. The van der Waals surface area contributed by atoms with Gasteiger partial charge in [-0.05, 0) is 31.3 Å². The van der Waals surface area contributed by atoms with Crippen molar-refractivity contribution >= 4 is 33.2 Å². The molecule has 25 heavy (non-hydrogen) atoms. The van der Waals surface area contributed by atoms with Crippen molar-refractivity contribution in [2.45, 2.75) is 13.1 Å². The van der Waals surface area contributed by atoms with Crippen molar-refractivity contribution in [2.24, 2.45) is 0 Å². The molecule has 0 aliphatic rings. The summed E-state index contributed by atoms with van der Waals surface area (Å²) in [5.41, 5.74) is 1.81. The normalized spacial score (nSPS) is 11.5. The number of thiazole rings is 1. The summed E-state index contributed by atoms with van der Waals surface area (Å²) in [6.07, 6.45) is 0. The first kappa shape index (κ1) is 16.2. The van der Waals surface area contributed by atoms with Crippen LogP contribution in [0.25, 0.3) is 21.6 Å². The Hall–Kier alpha value is -2.28. The molecule has 0 aliphatic heterocycles. The maximum atomic E-state index is 6.18. The first-order valence-corrected chi connectivity index (χ1v) is 8.99. The summed E-state index contributed by atoms with van der Waals surface area (Å²) in [6.45, 7) is 1.27. The molecule has 4 aromatic rings. The average Bonchev–Trinajstić information content (AvgIpc) is 3.21. The van der Waals surface area contributed by atoms with Gasteiger partial charge in [-0.3, -0.25) is 4.90 Å². The Kier molecular flexibility index (Phi) is 4.48. The lowest BCUT2D eigenvalue weighted by atomic mass is 10.2. The number of para-hydroxylation sites is 1. The second-order valence-corrected chi connectivity index (χ2v) is 7.26. The number of hydrogen-bond acceptors (Lipinski definition) is 6. The van der Waals surface area contributed by atoms with Gasteiger partial charge in [0, 0.05) is 5.56 Å². The first-order chi connectivity index (χ1) is 12.2. The number of fused-ring (bicyclic) bond motifs is 1. The average molecular weight is 371 g/mol. The van der Waals surface area contributed by atoms with Crippen LogP contribution in [0.1, 0.15) is 10.9 Å². The molecule has 0 aliphatic carbocycles. The molecule has 0 saturated heterocycles. The number of nitrogens with zero attached hydrogens (tertiary/aromatic N) is 4. The van der Waals surface area contributed by atoms with Gasteiger partial charge in [0.15, 0.2) is 0 Å². The lowest BCUT2D eigenvalue weighted by molar-refractivity contribution is 0.260. The highest BCUT2D eigenvalue weighted by atomic mass is 35.5. The van der Waals surface area contributed by atoms with Crippen LogP contribution in [0, 0.1) is 0 Å². The van der Waals surface area contributed by atoms with E-state index < -0.39 is 0 Å². The largest absolute Gasteiger partial charge is 0.338 e. The van der Waals surface area contributed by atoms with Gasteiger partial charge in [-0.2, -0.15) is 4.98 Å². The van der Waals surface area contributed by atoms with E-state index in [4.69, 9.17) is 16.1 Å². The van der Waals surface area contributed by atoms with Gasteiger partial charge >= 0.3 is 0 Å². The van der Waals surface area contributed by atoms with Crippen LogP contribution in [0.5, 0.6) is 0 Å². The zero-order chi connectivity index (χ0) is 17.2. The van der Waals surface area contributed by atoms with Gasteiger partial charge in [0.1, 0.15) is 5.01 Å². The number of benzene rings is 2. The minimum Gasteiger partial charge on any atom is -0.338 e. The molecule has 0 spiro atoms. The van der Waals surface area contributed by atoms with Crippen LogP contribution in [0.3, 0.4) is 0 Å². The fourth-order valence-electron chi connectivity index (χ4n) is 2.58. The Morgan fingerprint density at radius 2 is 1.84 bits per heavy atom. The monoisotopic (exact) mass is 370 g/mol. The molecule has 0 unspecified atom stereocenters. The molecule has 0 bridgehead atoms. The smallest absolute Gasteiger partial charge is 0.241 e. The molecule has 0 N–H and O–H groups in total. The van der Waals surface area contributed by atoms with Crippen LogP contribution in [-0.4, -0.2) is 27.1 Å². The molecule has 4 rings (SSSR count). The maximum Gasteiger partial charge on any atom is 0.241 e. The van der Waals surface area contributed by atoms with Crippen molar-refractivity contribution in [1.82, 2.24) is 20.0 Å². The van der Waals surface area contributed by atoms with Gasteiger partial charge in [-0.15, -0.1) is 11.3 Å². The summed E-state index contributed by atoms with van der Waals surface area (Å²) < 4.78 is 6.56. The summed E-state index contributed by atoms with van der Waals surface area (Å²) in [4.78, 5) is 11.2. The van der Waals surface area contributed by atoms with E-state index in [1.54, 1.807) is 11.3 Å². The quantitative estimate of drug-likeness (QED) is 0.512. The van der Waals surface area contributed by atoms with E-state index in [9.17, 15) is 0 Å². The van der Waals surface area contributed by atoms with Crippen molar-refractivity contribution in [2.75, 3.05) is 7.05 Å². The Morgan fingerprint density at radius 3 is 2.68 bits per heavy atom. The number of aromatic nitrogens is 3. The second kappa shape index (κ2) is 6.92. The molecule has 2 aromatic heterocycles. The summed E-state index contributed by atoms with van der Waals surface area (Å²) in [6, 6.07) is 15.6. The van der Waals surface area contributed by atoms with Crippen molar-refractivity contribution in [1.29, 1.82) is 0 Å². The Morgan fingerprint density at radius 1 is 1.04 bits per heavy atom. The van der Waals surface area contributed by atoms with Gasteiger partial charge in [-0.25, -0.2) is 4.98 Å². The van der Waals surface area contributed by atoms with E-state index in [1.807, 2.05) is 49.5 Å². The molecular formula is C18H15ClN4OS. The lowest BCUT2D eigenvalue weighted by Gasteiger charge is -2.11. The Labute approximate surface area is 153 Å². The van der Waals surface area contributed by atoms with Gasteiger partial charge in [0.2, 0.25) is 11.7 Å². The highest BCUT2D eigenvalue weighted by Gasteiger charge is 2.14. The van der Waals surface area contributed by atoms with Crippen LogP contribution in [-0.2, 0) is 13.1 Å². The molecule has 5 nitrogen and oxygen atoms in total. The highest BCUT2D eigenvalue weighted by molar-refractivity contribution is 7.18. The van der Waals surface area contributed by atoms with Crippen LogP contribution in [0.4, 0.5) is 0 Å². The van der Waals surface area contributed by atoms with Crippen molar-refractivity contribution in [3.8, 4) is 11.4 Å². The molecule has 0 atom stereocenters. The second-order valence-electron chi connectivity index (χ2n) is 5.74. The fourth-order valence-corrected chi connectivity index (χ4v) is 3.84. The first-order valence-electron chi connectivity index (χ1n) is 7.79. The van der Waals surface area contributed by atoms with Gasteiger partial charge in [0.25, 0.3) is 0 Å². The van der Waals surface area contributed by atoms with Gasteiger partial charge < -0.3 is 4.52 Å². The number of halogens is 1. The van der Waals surface area contributed by atoms with E-state index in [1.165, 1.54) is 4.70 Å². The molecule has 126 valence electrons. The highest BCUT2D eigenvalue weighted by Crippen LogP contribution is 2.25. The van der Waals surface area contributed by atoms with Crippen molar-refractivity contribution < 1.29 is 4.52 Å². The van der Waals surface area contributed by atoms with Crippen LogP contribution < -0.4 is 0 Å². The minimum atomic E-state index is 0.508. The van der Waals surface area contributed by atoms with Crippen molar-refractivity contribution in [3.63, 3.8) is 0 Å². The topological polar surface area (TPSA) is 55.1 Å². The third-order valence-corrected chi connectivity index (χ3v) is 5.08. The molecule has 0 radical (unpaired) electrons. The molecule has 2 aromatic carbocycles. The van der Waals surface area contributed by atoms with Crippen molar-refractivity contribution in [3.05, 3.63) is 64.5 Å². The molecule has 7 heteroatoms. The predicted molar refractivity (Wildman–Crippen MR) is 99.5 cm³/mol. The number of rotatable bonds is 5. The predicted octanol–water partition coefficient (Wildman–Crippen LogP) is 4.63. The summed E-state index contributed by atoms with van der Waals surface area (Å²) in [5, 5.41) is 5.71. The lowest BCUT2D eigenvalue weighted by Crippen LogP contribution is -2.17. The standard InChI is InChI=1S/C18H15ClN4OS/c1-23(11-17-20-14-8-4-5-9-15(14)25-17)10-16-21-18(22-24-16)12-6-2-3-7-13(12)19/h2-9H,10-11H2,1H3. The Bertz CT molecular complexity index is 980. The molecular weight excluding hydrogens is 356 g/mol. The molecule has 0 fully saturated rings. The van der Waals surface area contributed by atoms with E-state index >= 15 is 0 Å². The molecule has 2 heterocycles. The zero-order valence-electron chi connectivity index (χ0n) is 13.5. The van der Waals surface area contributed by atoms with E-state index in [0.29, 0.717) is 23.3 Å². The third kappa shape index (κ3) is 3.56. The van der Waals surface area contributed by atoms with Gasteiger partial charge in [0.05, 0.1) is 28.3 Å². The SMILES string of the molecule is CN(Cc1nc(-c2ccccc2Cl)no1)Cc1nc2ccccc2s1.